The molecule has 0 aromatic heterocycles. The molecule has 0 saturated heterocycles. The molecule has 4 aromatic rings. The summed E-state index contributed by atoms with van der Waals surface area (Å²) in [6, 6.07) is 26.8. The van der Waals surface area contributed by atoms with E-state index in [1.54, 1.807) is 0 Å². The van der Waals surface area contributed by atoms with Crippen LogP contribution in [0.5, 0.6) is 0 Å². The van der Waals surface area contributed by atoms with Crippen molar-refractivity contribution in [3.8, 4) is 0 Å². The van der Waals surface area contributed by atoms with E-state index in [2.05, 4.69) is 158 Å². The van der Waals surface area contributed by atoms with Crippen molar-refractivity contribution in [1.82, 2.24) is 5.32 Å². The lowest BCUT2D eigenvalue weighted by Crippen LogP contribution is -3.00. The van der Waals surface area contributed by atoms with Gasteiger partial charge < -0.3 is 40.8 Å². The number of fused-ring (bicyclic) bond motifs is 6. The van der Waals surface area contributed by atoms with Crippen LogP contribution in [0.2, 0.25) is 0 Å². The Kier molecular flexibility index (Phi) is 15.3. The molecule has 2 aliphatic heterocycles. The Balaban J connectivity index is 0.00000320. The average Bonchev–Trinajstić information content (AvgIpc) is 3.54. The Morgan fingerprint density at radius 3 is 2.17 bits per heavy atom. The normalized spacial score (nSPS) is 18.1. The number of carbonyl (C=O) groups is 1. The van der Waals surface area contributed by atoms with Crippen LogP contribution in [0.25, 0.3) is 21.5 Å². The van der Waals surface area contributed by atoms with Gasteiger partial charge in [0.05, 0.1) is 12.0 Å². The molecule has 1 amide bonds. The number of halogens is 2. The Morgan fingerprint density at radius 1 is 0.759 bits per heavy atom. The third-order valence-electron chi connectivity index (χ3n) is 12.6. The van der Waals surface area contributed by atoms with E-state index in [9.17, 15) is 4.79 Å². The van der Waals surface area contributed by atoms with Crippen molar-refractivity contribution in [2.24, 2.45) is 0 Å². The van der Waals surface area contributed by atoms with Gasteiger partial charge in [0.2, 0.25) is 11.6 Å². The van der Waals surface area contributed by atoms with Crippen LogP contribution in [0.3, 0.4) is 0 Å². The number of hydrogen-bond acceptors (Lipinski definition) is 2. The minimum absolute atomic E-state index is 0. The van der Waals surface area contributed by atoms with Crippen LogP contribution in [0.1, 0.15) is 109 Å². The lowest BCUT2D eigenvalue weighted by atomic mass is 9.79. The molecule has 308 valence electrons. The van der Waals surface area contributed by atoms with Crippen molar-refractivity contribution < 1.29 is 39.9 Å². The lowest BCUT2D eigenvalue weighted by molar-refractivity contribution is -0.401. The number of rotatable bonds is 15. The fourth-order valence-corrected chi connectivity index (χ4v) is 9.69. The topological polar surface area (TPSA) is 63.0 Å². The summed E-state index contributed by atoms with van der Waals surface area (Å²) in [5.74, 6) is 0.194. The molecule has 5 nitrogen and oxygen atoms in total. The van der Waals surface area contributed by atoms with Crippen LogP contribution in [-0.4, -0.2) is 42.9 Å². The molecule has 7 rings (SSSR count). The molecule has 0 bridgehead atoms. The van der Waals surface area contributed by atoms with Crippen molar-refractivity contribution in [2.75, 3.05) is 31.6 Å². The second kappa shape index (κ2) is 19.7. The second-order valence-electron chi connectivity index (χ2n) is 17.3. The molecule has 58 heavy (non-hydrogen) atoms. The molecule has 0 fully saturated rings. The Labute approximate surface area is 360 Å². The number of amides is 1. The number of unbranched alkanes of at least 4 members (excludes halogenated alkanes) is 5. The summed E-state index contributed by atoms with van der Waals surface area (Å²) in [6.45, 7) is 12.3. The summed E-state index contributed by atoms with van der Waals surface area (Å²) in [6.07, 6.45) is 23.6. The van der Waals surface area contributed by atoms with Crippen molar-refractivity contribution in [3.05, 3.63) is 131 Å². The zero-order valence-electron chi connectivity index (χ0n) is 35.5. The van der Waals surface area contributed by atoms with Gasteiger partial charge in [-0.15, -0.1) is 0 Å². The summed E-state index contributed by atoms with van der Waals surface area (Å²) in [4.78, 5) is 15.1. The van der Waals surface area contributed by atoms with Crippen LogP contribution < -0.4 is 40.8 Å². The van der Waals surface area contributed by atoms with Gasteiger partial charge in [0.1, 0.15) is 7.05 Å². The van der Waals surface area contributed by atoms with Gasteiger partial charge >= 0.3 is 0 Å². The Bertz CT molecular complexity index is 2260. The van der Waals surface area contributed by atoms with Gasteiger partial charge in [0.15, 0.2) is 5.71 Å². The minimum atomic E-state index is -0.143. The molecule has 0 saturated carbocycles. The molecule has 0 unspecified atom stereocenters. The maximum absolute atomic E-state index is 12.5. The van der Waals surface area contributed by atoms with E-state index in [1.807, 2.05) is 0 Å². The first-order chi connectivity index (χ1) is 27.1. The molecule has 4 aromatic carbocycles. The maximum atomic E-state index is 12.5. The van der Waals surface area contributed by atoms with E-state index >= 15 is 0 Å². The number of quaternary nitrogens is 1. The molecule has 1 aliphatic carbocycles. The first kappa shape index (κ1) is 44.9. The SMILES string of the molecule is C[N+]1=C(C=CC2=CC(=CC=C3N(CCCCCC(=O)NCCCCCC[NH3+])c4ccc5ccccc5c4C3(C)C)CCC2)C(C)(C)c2c1ccc1ccccc21.[Cl-].[Cl-]. The molecule has 3 aliphatic rings. The number of anilines is 1. The molecule has 7 heteroatoms. The van der Waals surface area contributed by atoms with E-state index < -0.39 is 0 Å². The van der Waals surface area contributed by atoms with Crippen molar-refractivity contribution >= 4 is 44.5 Å². The smallest absolute Gasteiger partial charge is 0.219 e. The number of benzene rings is 4. The molecular weight excluding hydrogens is 755 g/mol. The fourth-order valence-electron chi connectivity index (χ4n) is 9.69. The molecule has 0 radical (unpaired) electrons. The Hall–Kier alpha value is -4.16. The average molecular weight is 820 g/mol. The van der Waals surface area contributed by atoms with Crippen LogP contribution in [0, 0.1) is 0 Å². The van der Waals surface area contributed by atoms with Gasteiger partial charge in [-0.05, 0) is 122 Å². The third-order valence-corrected chi connectivity index (χ3v) is 12.6. The van der Waals surface area contributed by atoms with Gasteiger partial charge in [-0.1, -0.05) is 99.5 Å². The lowest BCUT2D eigenvalue weighted by Gasteiger charge is -2.27. The number of hydrogen-bond donors (Lipinski definition) is 2. The van der Waals surface area contributed by atoms with E-state index in [-0.39, 0.29) is 41.6 Å². The van der Waals surface area contributed by atoms with Crippen molar-refractivity contribution in [1.29, 1.82) is 0 Å². The summed E-state index contributed by atoms with van der Waals surface area (Å²) in [5.41, 5.74) is 14.7. The van der Waals surface area contributed by atoms with Crippen molar-refractivity contribution in [3.63, 3.8) is 0 Å². The highest BCUT2D eigenvalue weighted by Crippen LogP contribution is 2.51. The minimum Gasteiger partial charge on any atom is -1.00 e. The molecule has 2 heterocycles. The summed E-state index contributed by atoms with van der Waals surface area (Å²) >= 11 is 0. The van der Waals surface area contributed by atoms with Crippen LogP contribution in [-0.2, 0) is 15.6 Å². The van der Waals surface area contributed by atoms with Crippen molar-refractivity contribution in [2.45, 2.75) is 109 Å². The quantitative estimate of drug-likeness (QED) is 0.134. The fraction of sp³-hybridized carbons (Fsp3) is 0.412. The van der Waals surface area contributed by atoms with E-state index in [0.29, 0.717) is 6.42 Å². The standard InChI is InChI=1S/C51H62N4O.2ClH/c1-50(2)45(54(5)43-29-27-39-20-10-12-22-41(39)48(43)50)31-25-37-18-17-19-38(36-37)26-32-46-51(3,4)49-42-23-13-11-21-40(42)28-30-44(49)55(46)35-16-8-9-24-47(56)53-34-15-7-6-14-33-52;;/h10-13,20-23,25-32,36H,6-9,14-19,24,33-35,52H2,1-5H3;2*1H. The predicted molar refractivity (Wildman–Crippen MR) is 237 cm³/mol. The van der Waals surface area contributed by atoms with E-state index in [1.165, 1.54) is 85.9 Å². The van der Waals surface area contributed by atoms with Gasteiger partial charge in [0.25, 0.3) is 0 Å². The Morgan fingerprint density at radius 2 is 1.43 bits per heavy atom. The number of nitrogens with one attached hydrogen (secondary N) is 1. The highest BCUT2D eigenvalue weighted by atomic mass is 35.5. The number of allylic oxidation sites excluding steroid dienone is 8. The zero-order chi connectivity index (χ0) is 39.3. The van der Waals surface area contributed by atoms with Gasteiger partial charge in [-0.25, -0.2) is 0 Å². The van der Waals surface area contributed by atoms with Crippen LogP contribution in [0.15, 0.2) is 120 Å². The molecule has 0 atom stereocenters. The van der Waals surface area contributed by atoms with E-state index in [0.717, 1.165) is 64.6 Å². The van der Waals surface area contributed by atoms with Gasteiger partial charge in [-0.2, -0.15) is 4.58 Å². The second-order valence-corrected chi connectivity index (χ2v) is 17.3. The maximum Gasteiger partial charge on any atom is 0.219 e. The molecule has 0 spiro atoms. The highest BCUT2D eigenvalue weighted by molar-refractivity contribution is 6.07. The molecule has 4 N–H and O–H groups in total. The van der Waals surface area contributed by atoms with Gasteiger partial charge in [-0.3, -0.25) is 4.79 Å². The monoisotopic (exact) mass is 818 g/mol. The first-order valence-corrected chi connectivity index (χ1v) is 21.4. The summed E-state index contributed by atoms with van der Waals surface area (Å²) in [5, 5.41) is 8.43. The number of nitrogens with zero attached hydrogens (tertiary/aromatic N) is 2. The first-order valence-electron chi connectivity index (χ1n) is 21.4. The van der Waals surface area contributed by atoms with Crippen LogP contribution in [0.4, 0.5) is 11.4 Å². The molecular formula is C51H64Cl2N4O. The highest BCUT2D eigenvalue weighted by Gasteiger charge is 2.44. The van der Waals surface area contributed by atoms with E-state index in [4.69, 9.17) is 0 Å². The predicted octanol–water partition coefficient (Wildman–Crippen LogP) is 4.76. The summed E-state index contributed by atoms with van der Waals surface area (Å²) in [7, 11) is 2.22. The third kappa shape index (κ3) is 9.33. The van der Waals surface area contributed by atoms with Crippen LogP contribution >= 0.6 is 0 Å². The zero-order valence-corrected chi connectivity index (χ0v) is 37.0. The number of carbonyl (C=O) groups excluding carboxylic acids is 1. The summed E-state index contributed by atoms with van der Waals surface area (Å²) < 4.78 is 2.39. The van der Waals surface area contributed by atoms with Gasteiger partial charge in [0, 0.05) is 54.0 Å². The largest absolute Gasteiger partial charge is 1.00 e.